The molecule has 98 valence electrons. The minimum Gasteiger partial charge on any atom is -0.321 e. The summed E-state index contributed by atoms with van der Waals surface area (Å²) in [5, 5.41) is 3.05. The van der Waals surface area contributed by atoms with E-state index in [1.807, 2.05) is 22.6 Å². The number of carbonyl (C=O) groups is 1. The quantitative estimate of drug-likeness (QED) is 0.629. The van der Waals surface area contributed by atoms with E-state index < -0.39 is 0 Å². The molecule has 0 unspecified atom stereocenters. The van der Waals surface area contributed by atoms with Crippen LogP contribution < -0.4 is 5.32 Å². The van der Waals surface area contributed by atoms with Crippen molar-refractivity contribution in [3.63, 3.8) is 0 Å². The minimum atomic E-state index is -0.345. The topological polar surface area (TPSA) is 29.1 Å². The summed E-state index contributed by atoms with van der Waals surface area (Å²) in [4.78, 5) is 12.1. The molecule has 0 atom stereocenters. The molecule has 6 heteroatoms. The SMILES string of the molecule is O=C(Nc1ccc(F)cc1I)c1cccc(Br)c1Cl. The van der Waals surface area contributed by atoms with Gasteiger partial charge in [0.15, 0.2) is 0 Å². The molecule has 1 N–H and O–H groups in total. The Labute approximate surface area is 136 Å². The highest BCUT2D eigenvalue weighted by molar-refractivity contribution is 14.1. The molecule has 1 amide bonds. The smallest absolute Gasteiger partial charge is 0.257 e. The molecular formula is C13H7BrClFINO. The van der Waals surface area contributed by atoms with Crippen molar-refractivity contribution in [3.05, 3.63) is 60.8 Å². The van der Waals surface area contributed by atoms with Crippen molar-refractivity contribution >= 4 is 61.7 Å². The van der Waals surface area contributed by atoms with E-state index >= 15 is 0 Å². The fraction of sp³-hybridized carbons (Fsp3) is 0. The molecule has 2 rings (SSSR count). The average Bonchev–Trinajstić information content (AvgIpc) is 2.36. The third-order valence-electron chi connectivity index (χ3n) is 2.38. The summed E-state index contributed by atoms with van der Waals surface area (Å²) in [6.07, 6.45) is 0. The van der Waals surface area contributed by atoms with Gasteiger partial charge >= 0.3 is 0 Å². The maximum absolute atomic E-state index is 13.0. The molecule has 19 heavy (non-hydrogen) atoms. The molecule has 0 spiro atoms. The highest BCUT2D eigenvalue weighted by atomic mass is 127. The van der Waals surface area contributed by atoms with E-state index in [1.54, 1.807) is 18.2 Å². The van der Waals surface area contributed by atoms with Gasteiger partial charge in [-0.2, -0.15) is 0 Å². The second kappa shape index (κ2) is 6.19. The summed E-state index contributed by atoms with van der Waals surface area (Å²) in [7, 11) is 0. The van der Waals surface area contributed by atoms with Gasteiger partial charge in [-0.15, -0.1) is 0 Å². The van der Waals surface area contributed by atoms with Crippen LogP contribution in [0.5, 0.6) is 0 Å². The van der Waals surface area contributed by atoms with Crippen LogP contribution in [0, 0.1) is 9.39 Å². The molecular weight excluding hydrogens is 447 g/mol. The predicted molar refractivity (Wildman–Crippen MR) is 86.2 cm³/mol. The average molecular weight is 454 g/mol. The largest absolute Gasteiger partial charge is 0.321 e. The number of nitrogens with one attached hydrogen (secondary N) is 1. The third kappa shape index (κ3) is 3.46. The molecule has 0 aliphatic rings. The lowest BCUT2D eigenvalue weighted by atomic mass is 10.2. The van der Waals surface area contributed by atoms with E-state index in [1.165, 1.54) is 18.2 Å². The van der Waals surface area contributed by atoms with Gasteiger partial charge in [0, 0.05) is 8.04 Å². The van der Waals surface area contributed by atoms with Crippen LogP contribution in [-0.4, -0.2) is 5.91 Å². The zero-order valence-corrected chi connectivity index (χ0v) is 13.9. The van der Waals surface area contributed by atoms with Crippen molar-refractivity contribution in [1.82, 2.24) is 0 Å². The van der Waals surface area contributed by atoms with Gasteiger partial charge in [-0.25, -0.2) is 4.39 Å². The standard InChI is InChI=1S/C13H7BrClFINO/c14-9-3-1-2-8(12(9)15)13(19)18-11-5-4-7(16)6-10(11)17/h1-6H,(H,18,19). The van der Waals surface area contributed by atoms with Crippen molar-refractivity contribution in [2.75, 3.05) is 5.32 Å². The number of rotatable bonds is 2. The van der Waals surface area contributed by atoms with Crippen LogP contribution in [0.3, 0.4) is 0 Å². The van der Waals surface area contributed by atoms with Crippen LogP contribution >= 0.6 is 50.1 Å². The van der Waals surface area contributed by atoms with Crippen LogP contribution in [-0.2, 0) is 0 Å². The van der Waals surface area contributed by atoms with E-state index in [-0.39, 0.29) is 11.7 Å². The fourth-order valence-electron chi connectivity index (χ4n) is 1.46. The first-order valence-corrected chi connectivity index (χ1v) is 7.44. The van der Waals surface area contributed by atoms with Crippen LogP contribution in [0.15, 0.2) is 40.9 Å². The molecule has 0 aliphatic heterocycles. The van der Waals surface area contributed by atoms with Crippen molar-refractivity contribution in [2.24, 2.45) is 0 Å². The lowest BCUT2D eigenvalue weighted by molar-refractivity contribution is 0.102. The maximum Gasteiger partial charge on any atom is 0.257 e. The number of anilines is 1. The second-order valence-electron chi connectivity index (χ2n) is 3.68. The molecule has 0 bridgehead atoms. The Morgan fingerprint density at radius 1 is 1.32 bits per heavy atom. The number of amides is 1. The number of hydrogen-bond donors (Lipinski definition) is 1. The van der Waals surface area contributed by atoms with Crippen molar-refractivity contribution < 1.29 is 9.18 Å². The highest BCUT2D eigenvalue weighted by Crippen LogP contribution is 2.27. The number of benzene rings is 2. The molecule has 0 aliphatic carbocycles. The lowest BCUT2D eigenvalue weighted by Crippen LogP contribution is -2.13. The molecule has 0 fully saturated rings. The van der Waals surface area contributed by atoms with Crippen LogP contribution in [0.25, 0.3) is 0 Å². The van der Waals surface area contributed by atoms with Gasteiger partial charge in [0.2, 0.25) is 0 Å². The first-order valence-electron chi connectivity index (χ1n) is 5.19. The first-order chi connectivity index (χ1) is 8.99. The monoisotopic (exact) mass is 453 g/mol. The lowest BCUT2D eigenvalue weighted by Gasteiger charge is -2.09. The van der Waals surface area contributed by atoms with Gasteiger partial charge in [-0.3, -0.25) is 4.79 Å². The Balaban J connectivity index is 2.28. The van der Waals surface area contributed by atoms with Crippen LogP contribution in [0.1, 0.15) is 10.4 Å². The summed E-state index contributed by atoms with van der Waals surface area (Å²) < 4.78 is 14.3. The van der Waals surface area contributed by atoms with Gasteiger partial charge in [0.05, 0.1) is 16.3 Å². The van der Waals surface area contributed by atoms with E-state index in [4.69, 9.17) is 11.6 Å². The van der Waals surface area contributed by atoms with Gasteiger partial charge in [-0.05, 0) is 68.9 Å². The molecule has 0 heterocycles. The summed E-state index contributed by atoms with van der Waals surface area (Å²) >= 11 is 11.3. The van der Waals surface area contributed by atoms with Gasteiger partial charge < -0.3 is 5.32 Å². The fourth-order valence-corrected chi connectivity index (χ4v) is 2.65. The van der Waals surface area contributed by atoms with Gasteiger partial charge in [-0.1, -0.05) is 17.7 Å². The maximum atomic E-state index is 13.0. The number of hydrogen-bond acceptors (Lipinski definition) is 1. The normalized spacial score (nSPS) is 10.3. The summed E-state index contributed by atoms with van der Waals surface area (Å²) in [6, 6.07) is 9.25. The van der Waals surface area contributed by atoms with E-state index in [9.17, 15) is 9.18 Å². The Morgan fingerprint density at radius 2 is 2.05 bits per heavy atom. The molecule has 0 saturated carbocycles. The Kier molecular flexibility index (Phi) is 4.81. The Bertz CT molecular complexity index is 651. The minimum absolute atomic E-state index is 0.337. The molecule has 2 aromatic carbocycles. The third-order valence-corrected chi connectivity index (χ3v) is 4.56. The Hall–Kier alpha value is -0.660. The van der Waals surface area contributed by atoms with Crippen molar-refractivity contribution in [3.8, 4) is 0 Å². The van der Waals surface area contributed by atoms with Gasteiger partial charge in [0.1, 0.15) is 5.82 Å². The highest BCUT2D eigenvalue weighted by Gasteiger charge is 2.13. The van der Waals surface area contributed by atoms with Crippen molar-refractivity contribution in [2.45, 2.75) is 0 Å². The molecule has 2 nitrogen and oxygen atoms in total. The van der Waals surface area contributed by atoms with E-state index in [0.717, 1.165) is 0 Å². The van der Waals surface area contributed by atoms with E-state index in [0.29, 0.717) is 24.3 Å². The van der Waals surface area contributed by atoms with Gasteiger partial charge in [0.25, 0.3) is 5.91 Å². The molecule has 0 saturated heterocycles. The second-order valence-corrected chi connectivity index (χ2v) is 6.07. The summed E-state index contributed by atoms with van der Waals surface area (Å²) in [5.74, 6) is -0.682. The van der Waals surface area contributed by atoms with Crippen LogP contribution in [0.4, 0.5) is 10.1 Å². The molecule has 0 radical (unpaired) electrons. The zero-order chi connectivity index (χ0) is 14.0. The summed E-state index contributed by atoms with van der Waals surface area (Å²) in [5.41, 5.74) is 0.902. The molecule has 2 aromatic rings. The summed E-state index contributed by atoms with van der Waals surface area (Å²) in [6.45, 7) is 0. The van der Waals surface area contributed by atoms with Crippen molar-refractivity contribution in [1.29, 1.82) is 0 Å². The van der Waals surface area contributed by atoms with E-state index in [2.05, 4.69) is 21.2 Å². The zero-order valence-electron chi connectivity index (χ0n) is 9.38. The number of halogens is 4. The Morgan fingerprint density at radius 3 is 2.74 bits per heavy atom. The molecule has 0 aromatic heterocycles. The first kappa shape index (κ1) is 14.7. The number of carbonyl (C=O) groups excluding carboxylic acids is 1. The predicted octanol–water partition coefficient (Wildman–Crippen LogP) is 5.10. The van der Waals surface area contributed by atoms with Crippen LogP contribution in [0.2, 0.25) is 5.02 Å².